The van der Waals surface area contributed by atoms with Crippen LogP contribution in [0.5, 0.6) is 0 Å². The molecule has 1 aliphatic heterocycles. The zero-order valence-corrected chi connectivity index (χ0v) is 10.7. The number of ether oxygens (including phenoxy) is 2. The Morgan fingerprint density at radius 2 is 1.94 bits per heavy atom. The van der Waals surface area contributed by atoms with Gasteiger partial charge >= 0.3 is 0 Å². The van der Waals surface area contributed by atoms with Crippen LogP contribution in [0.4, 0.5) is 0 Å². The maximum absolute atomic E-state index is 5.67. The van der Waals surface area contributed by atoms with Crippen LogP contribution in [0.25, 0.3) is 0 Å². The van der Waals surface area contributed by atoms with Gasteiger partial charge in [-0.3, -0.25) is 0 Å². The maximum atomic E-state index is 5.67. The third-order valence-electron chi connectivity index (χ3n) is 4.52. The lowest BCUT2D eigenvalue weighted by molar-refractivity contribution is -0.0874. The first-order chi connectivity index (χ1) is 8.42. The molecular formula is C14H25NO2. The molecule has 1 N–H and O–H groups in total. The molecule has 2 saturated carbocycles. The molecule has 98 valence electrons. The van der Waals surface area contributed by atoms with Crippen molar-refractivity contribution in [2.24, 2.45) is 11.8 Å². The summed E-state index contributed by atoms with van der Waals surface area (Å²) in [6.45, 7) is 3.28. The molecule has 1 heterocycles. The minimum atomic E-state index is 0.282. The maximum Gasteiger partial charge on any atom is 0.0933 e. The topological polar surface area (TPSA) is 30.5 Å². The lowest BCUT2D eigenvalue weighted by Crippen LogP contribution is -2.43. The standard InChI is InChI=1S/C14H25NO2/c1-2-12(11-4-5-11)8-13(3-1)15-9-14-10-16-6-7-17-14/h11-15H,1-10H2. The first-order valence-corrected chi connectivity index (χ1v) is 7.34. The van der Waals surface area contributed by atoms with Gasteiger partial charge in [-0.05, 0) is 37.5 Å². The summed E-state index contributed by atoms with van der Waals surface area (Å²) < 4.78 is 11.1. The zero-order chi connectivity index (χ0) is 11.5. The third-order valence-corrected chi connectivity index (χ3v) is 4.52. The van der Waals surface area contributed by atoms with Gasteiger partial charge in [-0.1, -0.05) is 12.8 Å². The second-order valence-electron chi connectivity index (χ2n) is 5.94. The monoisotopic (exact) mass is 239 g/mol. The van der Waals surface area contributed by atoms with Crippen molar-refractivity contribution < 1.29 is 9.47 Å². The molecular weight excluding hydrogens is 214 g/mol. The van der Waals surface area contributed by atoms with Crippen molar-refractivity contribution in [1.29, 1.82) is 0 Å². The van der Waals surface area contributed by atoms with E-state index in [1.807, 2.05) is 0 Å². The summed E-state index contributed by atoms with van der Waals surface area (Å²) in [5.41, 5.74) is 0. The first kappa shape index (κ1) is 11.9. The van der Waals surface area contributed by atoms with Crippen LogP contribution in [-0.4, -0.2) is 38.5 Å². The molecule has 2 aliphatic carbocycles. The van der Waals surface area contributed by atoms with E-state index in [0.29, 0.717) is 0 Å². The highest BCUT2D eigenvalue weighted by Crippen LogP contribution is 2.43. The van der Waals surface area contributed by atoms with Crippen molar-refractivity contribution in [2.75, 3.05) is 26.4 Å². The van der Waals surface area contributed by atoms with Gasteiger partial charge in [0, 0.05) is 12.6 Å². The normalized spacial score (nSPS) is 39.2. The van der Waals surface area contributed by atoms with Gasteiger partial charge in [0.25, 0.3) is 0 Å². The fourth-order valence-corrected chi connectivity index (χ4v) is 3.36. The predicted molar refractivity (Wildman–Crippen MR) is 67.0 cm³/mol. The minimum absolute atomic E-state index is 0.282. The summed E-state index contributed by atoms with van der Waals surface area (Å²) in [6.07, 6.45) is 8.93. The lowest BCUT2D eigenvalue weighted by atomic mass is 9.82. The molecule has 1 saturated heterocycles. The van der Waals surface area contributed by atoms with Crippen LogP contribution < -0.4 is 5.32 Å². The Morgan fingerprint density at radius 1 is 1.00 bits per heavy atom. The van der Waals surface area contributed by atoms with Gasteiger partial charge in [0.1, 0.15) is 0 Å². The molecule has 0 aromatic rings. The Labute approximate surface area is 104 Å². The van der Waals surface area contributed by atoms with Gasteiger partial charge in [0.15, 0.2) is 0 Å². The van der Waals surface area contributed by atoms with Crippen molar-refractivity contribution in [3.63, 3.8) is 0 Å². The smallest absolute Gasteiger partial charge is 0.0933 e. The summed E-state index contributed by atoms with van der Waals surface area (Å²) in [5, 5.41) is 3.70. The van der Waals surface area contributed by atoms with Gasteiger partial charge in [-0.15, -0.1) is 0 Å². The van der Waals surface area contributed by atoms with Gasteiger partial charge in [0.2, 0.25) is 0 Å². The highest BCUT2D eigenvalue weighted by Gasteiger charge is 2.34. The Bertz CT molecular complexity index is 236. The Balaban J connectivity index is 1.38. The van der Waals surface area contributed by atoms with Gasteiger partial charge < -0.3 is 14.8 Å². The van der Waals surface area contributed by atoms with Crippen molar-refractivity contribution in [3.05, 3.63) is 0 Å². The number of hydrogen-bond donors (Lipinski definition) is 1. The molecule has 3 nitrogen and oxygen atoms in total. The number of rotatable bonds is 4. The summed E-state index contributed by atoms with van der Waals surface area (Å²) in [5.74, 6) is 2.10. The molecule has 3 atom stereocenters. The summed E-state index contributed by atoms with van der Waals surface area (Å²) in [6, 6.07) is 0.736. The Morgan fingerprint density at radius 3 is 2.71 bits per heavy atom. The summed E-state index contributed by atoms with van der Waals surface area (Å²) in [7, 11) is 0. The number of hydrogen-bond acceptors (Lipinski definition) is 3. The Hall–Kier alpha value is -0.120. The van der Waals surface area contributed by atoms with Crippen molar-refractivity contribution >= 4 is 0 Å². The summed E-state index contributed by atoms with van der Waals surface area (Å²) >= 11 is 0. The molecule has 0 aromatic heterocycles. The van der Waals surface area contributed by atoms with E-state index >= 15 is 0 Å². The second-order valence-corrected chi connectivity index (χ2v) is 5.94. The second kappa shape index (κ2) is 5.68. The van der Waals surface area contributed by atoms with Crippen LogP contribution in [0.1, 0.15) is 38.5 Å². The van der Waals surface area contributed by atoms with E-state index < -0.39 is 0 Å². The van der Waals surface area contributed by atoms with E-state index in [9.17, 15) is 0 Å². The van der Waals surface area contributed by atoms with E-state index in [4.69, 9.17) is 9.47 Å². The SMILES string of the molecule is C1CC(NCC2COCCO2)CC(C2CC2)C1. The van der Waals surface area contributed by atoms with E-state index in [1.54, 1.807) is 0 Å². The molecule has 0 aromatic carbocycles. The van der Waals surface area contributed by atoms with Crippen LogP contribution in [0, 0.1) is 11.8 Å². The molecule has 17 heavy (non-hydrogen) atoms. The highest BCUT2D eigenvalue weighted by molar-refractivity contribution is 4.88. The first-order valence-electron chi connectivity index (χ1n) is 7.34. The molecule has 3 unspecified atom stereocenters. The molecule has 0 bridgehead atoms. The van der Waals surface area contributed by atoms with E-state index in [0.717, 1.165) is 44.2 Å². The van der Waals surface area contributed by atoms with E-state index in [2.05, 4.69) is 5.32 Å². The van der Waals surface area contributed by atoms with Crippen molar-refractivity contribution in [3.8, 4) is 0 Å². The largest absolute Gasteiger partial charge is 0.376 e. The van der Waals surface area contributed by atoms with E-state index in [-0.39, 0.29) is 6.10 Å². The van der Waals surface area contributed by atoms with Crippen LogP contribution in [0.2, 0.25) is 0 Å². The fraction of sp³-hybridized carbons (Fsp3) is 1.00. The van der Waals surface area contributed by atoms with Gasteiger partial charge in [0.05, 0.1) is 25.9 Å². The molecule has 3 fully saturated rings. The van der Waals surface area contributed by atoms with Crippen LogP contribution in [-0.2, 0) is 9.47 Å². The molecule has 3 heteroatoms. The average Bonchev–Trinajstić information content (AvgIpc) is 3.22. The highest BCUT2D eigenvalue weighted by atomic mass is 16.6. The van der Waals surface area contributed by atoms with Gasteiger partial charge in [-0.2, -0.15) is 0 Å². The molecule has 0 radical (unpaired) electrons. The van der Waals surface area contributed by atoms with Crippen LogP contribution >= 0.6 is 0 Å². The zero-order valence-electron chi connectivity index (χ0n) is 10.7. The van der Waals surface area contributed by atoms with Crippen LogP contribution in [0.15, 0.2) is 0 Å². The van der Waals surface area contributed by atoms with Crippen molar-refractivity contribution in [1.82, 2.24) is 5.32 Å². The van der Waals surface area contributed by atoms with Crippen LogP contribution in [0.3, 0.4) is 0 Å². The molecule has 0 amide bonds. The van der Waals surface area contributed by atoms with E-state index in [1.165, 1.54) is 38.5 Å². The number of nitrogens with one attached hydrogen (secondary N) is 1. The molecule has 0 spiro atoms. The average molecular weight is 239 g/mol. The quantitative estimate of drug-likeness (QED) is 0.813. The lowest BCUT2D eigenvalue weighted by Gasteiger charge is -2.32. The fourth-order valence-electron chi connectivity index (χ4n) is 3.36. The molecule has 3 rings (SSSR count). The van der Waals surface area contributed by atoms with Crippen molar-refractivity contribution in [2.45, 2.75) is 50.7 Å². The third kappa shape index (κ3) is 3.43. The minimum Gasteiger partial charge on any atom is -0.376 e. The van der Waals surface area contributed by atoms with Gasteiger partial charge in [-0.25, -0.2) is 0 Å². The predicted octanol–water partition coefficient (Wildman–Crippen LogP) is 1.96. The Kier molecular flexibility index (Phi) is 3.99. The molecule has 3 aliphatic rings. The summed E-state index contributed by atoms with van der Waals surface area (Å²) in [4.78, 5) is 0.